The van der Waals surface area contributed by atoms with E-state index >= 15 is 0 Å². The maximum atomic E-state index is 5.60. The Balaban J connectivity index is 2.35. The van der Waals surface area contributed by atoms with Crippen LogP contribution in [0.3, 0.4) is 0 Å². The summed E-state index contributed by atoms with van der Waals surface area (Å²) in [6, 6.07) is 3.80. The van der Waals surface area contributed by atoms with Gasteiger partial charge in [-0.2, -0.15) is 0 Å². The van der Waals surface area contributed by atoms with Gasteiger partial charge in [0, 0.05) is 0 Å². The highest BCUT2D eigenvalue weighted by Crippen LogP contribution is 2.12. The number of likely N-dealkylation sites (N-methyl/N-ethyl adjacent to an activating group) is 1. The Bertz CT molecular complexity index is 298. The van der Waals surface area contributed by atoms with Crippen LogP contribution in [-0.2, 0) is 0 Å². The van der Waals surface area contributed by atoms with Crippen molar-refractivity contribution in [2.75, 3.05) is 33.8 Å². The molecule has 3 nitrogen and oxygen atoms in total. The molecule has 0 bridgehead atoms. The zero-order valence-electron chi connectivity index (χ0n) is 9.53. The first-order chi connectivity index (χ1) is 7.03. The largest absolute Gasteiger partial charge is 0.486 e. The van der Waals surface area contributed by atoms with E-state index in [9.17, 15) is 0 Å². The van der Waals surface area contributed by atoms with Crippen molar-refractivity contribution in [3.8, 4) is 5.75 Å². The molecule has 4 heteroatoms. The number of hydrogen-bond acceptors (Lipinski definition) is 2. The Morgan fingerprint density at radius 3 is 2.67 bits per heavy atom. The summed E-state index contributed by atoms with van der Waals surface area (Å²) in [6.07, 6.45) is 1.73. The van der Waals surface area contributed by atoms with Gasteiger partial charge < -0.3 is 9.22 Å². The zero-order valence-corrected chi connectivity index (χ0v) is 11.1. The summed E-state index contributed by atoms with van der Waals surface area (Å²) in [4.78, 5) is 4.10. The van der Waals surface area contributed by atoms with Crippen LogP contribution in [0.2, 0.25) is 0 Å². The SMILES string of the molecule is CC[N+](C)(C)CCOc1ccc(Br)nc1. The maximum Gasteiger partial charge on any atom is 0.138 e. The fourth-order valence-corrected chi connectivity index (χ4v) is 1.25. The van der Waals surface area contributed by atoms with Gasteiger partial charge in [-0.15, -0.1) is 0 Å². The van der Waals surface area contributed by atoms with Gasteiger partial charge in [-0.05, 0) is 35.0 Å². The number of halogens is 1. The molecule has 0 aliphatic carbocycles. The monoisotopic (exact) mass is 273 g/mol. The van der Waals surface area contributed by atoms with E-state index in [-0.39, 0.29) is 0 Å². The number of nitrogens with zero attached hydrogens (tertiary/aromatic N) is 2. The van der Waals surface area contributed by atoms with Crippen LogP contribution in [0.25, 0.3) is 0 Å². The third-order valence-corrected chi connectivity index (χ3v) is 2.99. The van der Waals surface area contributed by atoms with Gasteiger partial charge in [0.15, 0.2) is 0 Å². The molecule has 0 aliphatic rings. The second-order valence-electron chi connectivity index (χ2n) is 4.14. The van der Waals surface area contributed by atoms with Crippen LogP contribution in [0.15, 0.2) is 22.9 Å². The minimum atomic E-state index is 0.726. The van der Waals surface area contributed by atoms with Crippen LogP contribution >= 0.6 is 15.9 Å². The van der Waals surface area contributed by atoms with Crippen LogP contribution in [-0.4, -0.2) is 43.3 Å². The van der Waals surface area contributed by atoms with Crippen molar-refractivity contribution in [1.82, 2.24) is 4.98 Å². The summed E-state index contributed by atoms with van der Waals surface area (Å²) in [7, 11) is 4.40. The molecule has 1 aromatic rings. The molecule has 0 spiro atoms. The number of aromatic nitrogens is 1. The Hall–Kier alpha value is -0.610. The Morgan fingerprint density at radius 1 is 1.40 bits per heavy atom. The highest BCUT2D eigenvalue weighted by atomic mass is 79.9. The fourth-order valence-electron chi connectivity index (χ4n) is 1.02. The van der Waals surface area contributed by atoms with E-state index in [1.165, 1.54) is 0 Å². The van der Waals surface area contributed by atoms with Crippen molar-refractivity contribution >= 4 is 15.9 Å². The molecular weight excluding hydrogens is 256 g/mol. The molecule has 0 amide bonds. The number of pyridine rings is 1. The van der Waals surface area contributed by atoms with Gasteiger partial charge in [0.05, 0.1) is 26.8 Å². The lowest BCUT2D eigenvalue weighted by molar-refractivity contribution is -0.888. The average Bonchev–Trinajstić information content (AvgIpc) is 2.21. The molecule has 0 fully saturated rings. The third kappa shape index (κ3) is 4.62. The number of rotatable bonds is 5. The van der Waals surface area contributed by atoms with E-state index in [4.69, 9.17) is 4.74 Å². The smallest absolute Gasteiger partial charge is 0.138 e. The molecule has 0 unspecified atom stereocenters. The van der Waals surface area contributed by atoms with E-state index in [2.05, 4.69) is 41.9 Å². The Morgan fingerprint density at radius 2 is 2.13 bits per heavy atom. The molecule has 0 saturated heterocycles. The van der Waals surface area contributed by atoms with Crippen LogP contribution < -0.4 is 4.74 Å². The zero-order chi connectivity index (χ0) is 11.3. The quantitative estimate of drug-likeness (QED) is 0.607. The molecule has 15 heavy (non-hydrogen) atoms. The predicted octanol–water partition coefficient (Wildman–Crippen LogP) is 2.32. The van der Waals surface area contributed by atoms with Gasteiger partial charge in [0.2, 0.25) is 0 Å². The molecule has 0 N–H and O–H groups in total. The molecule has 1 heterocycles. The van der Waals surface area contributed by atoms with Gasteiger partial charge in [0.25, 0.3) is 0 Å². The van der Waals surface area contributed by atoms with Crippen molar-refractivity contribution < 1.29 is 9.22 Å². The lowest BCUT2D eigenvalue weighted by Gasteiger charge is -2.27. The van der Waals surface area contributed by atoms with Gasteiger partial charge >= 0.3 is 0 Å². The lowest BCUT2D eigenvalue weighted by atomic mass is 10.4. The standard InChI is InChI=1S/C11H18BrN2O/c1-4-14(2,3)7-8-15-10-5-6-11(12)13-9-10/h5-6,9H,4,7-8H2,1-3H3/q+1. The number of ether oxygens (including phenoxy) is 1. The topological polar surface area (TPSA) is 22.1 Å². The summed E-state index contributed by atoms with van der Waals surface area (Å²) in [6.45, 7) is 5.03. The molecule has 1 aromatic heterocycles. The van der Waals surface area contributed by atoms with Crippen molar-refractivity contribution in [1.29, 1.82) is 0 Å². The predicted molar refractivity (Wildman–Crippen MR) is 64.9 cm³/mol. The van der Waals surface area contributed by atoms with Crippen molar-refractivity contribution in [3.63, 3.8) is 0 Å². The fraction of sp³-hybridized carbons (Fsp3) is 0.545. The third-order valence-electron chi connectivity index (χ3n) is 2.52. The normalized spacial score (nSPS) is 11.5. The molecule has 0 radical (unpaired) electrons. The average molecular weight is 274 g/mol. The Labute approximate surface area is 99.8 Å². The summed E-state index contributed by atoms with van der Waals surface area (Å²) < 4.78 is 7.41. The molecule has 0 atom stereocenters. The first kappa shape index (κ1) is 12.5. The van der Waals surface area contributed by atoms with Gasteiger partial charge in [-0.3, -0.25) is 0 Å². The van der Waals surface area contributed by atoms with Gasteiger partial charge in [-0.1, -0.05) is 0 Å². The molecular formula is C11H18BrN2O+. The Kier molecular flexibility index (Phi) is 4.54. The summed E-state index contributed by atoms with van der Waals surface area (Å²) in [5, 5.41) is 0. The van der Waals surface area contributed by atoms with E-state index in [1.54, 1.807) is 6.20 Å². The first-order valence-corrected chi connectivity index (χ1v) is 5.89. The lowest BCUT2D eigenvalue weighted by Crippen LogP contribution is -2.42. The van der Waals surface area contributed by atoms with Crippen LogP contribution in [0.1, 0.15) is 6.92 Å². The highest BCUT2D eigenvalue weighted by molar-refractivity contribution is 9.10. The minimum absolute atomic E-state index is 0.726. The second-order valence-corrected chi connectivity index (χ2v) is 4.95. The summed E-state index contributed by atoms with van der Waals surface area (Å²) >= 11 is 3.29. The van der Waals surface area contributed by atoms with Gasteiger partial charge in [0.1, 0.15) is 23.5 Å². The van der Waals surface area contributed by atoms with Crippen molar-refractivity contribution in [2.45, 2.75) is 6.92 Å². The van der Waals surface area contributed by atoms with E-state index in [0.717, 1.165) is 34.5 Å². The van der Waals surface area contributed by atoms with Crippen LogP contribution in [0, 0.1) is 0 Å². The van der Waals surface area contributed by atoms with Crippen LogP contribution in [0.4, 0.5) is 0 Å². The van der Waals surface area contributed by atoms with Crippen LogP contribution in [0.5, 0.6) is 5.75 Å². The second kappa shape index (κ2) is 5.47. The summed E-state index contributed by atoms with van der Waals surface area (Å²) in [5.41, 5.74) is 0. The molecule has 0 aliphatic heterocycles. The van der Waals surface area contributed by atoms with E-state index in [1.807, 2.05) is 12.1 Å². The van der Waals surface area contributed by atoms with Gasteiger partial charge in [-0.25, -0.2) is 4.98 Å². The number of quaternary nitrogens is 1. The van der Waals surface area contributed by atoms with E-state index in [0.29, 0.717) is 0 Å². The molecule has 0 saturated carbocycles. The molecule has 0 aromatic carbocycles. The first-order valence-electron chi connectivity index (χ1n) is 5.10. The molecule has 84 valence electrons. The maximum absolute atomic E-state index is 5.60. The summed E-state index contributed by atoms with van der Waals surface area (Å²) in [5.74, 6) is 0.828. The molecule has 1 rings (SSSR count). The van der Waals surface area contributed by atoms with Crippen molar-refractivity contribution in [2.24, 2.45) is 0 Å². The van der Waals surface area contributed by atoms with E-state index < -0.39 is 0 Å². The highest BCUT2D eigenvalue weighted by Gasteiger charge is 2.11. The van der Waals surface area contributed by atoms with Crippen molar-refractivity contribution in [3.05, 3.63) is 22.9 Å². The number of hydrogen-bond donors (Lipinski definition) is 0. The minimum Gasteiger partial charge on any atom is -0.486 e.